The van der Waals surface area contributed by atoms with Crippen LogP contribution in [0.1, 0.15) is 24.5 Å². The summed E-state index contributed by atoms with van der Waals surface area (Å²) in [6.45, 7) is 3.13. The molecule has 5 rings (SSSR count). The average Bonchev–Trinajstić information content (AvgIpc) is 2.81. The molecule has 108 valence electrons. The van der Waals surface area contributed by atoms with E-state index in [0.29, 0.717) is 0 Å². The highest BCUT2D eigenvalue weighted by molar-refractivity contribution is 5.91. The zero-order valence-electron chi connectivity index (χ0n) is 12.3. The summed E-state index contributed by atoms with van der Waals surface area (Å²) in [6, 6.07) is 6.78. The minimum atomic E-state index is -0.182. The van der Waals surface area contributed by atoms with E-state index in [-0.39, 0.29) is 23.0 Å². The summed E-state index contributed by atoms with van der Waals surface area (Å²) in [6.07, 6.45) is 4.04. The van der Waals surface area contributed by atoms with Crippen molar-refractivity contribution >= 4 is 17.0 Å². The van der Waals surface area contributed by atoms with Gasteiger partial charge in [0.15, 0.2) is 0 Å². The number of carbonyl (C=O) groups excluding carboxylic acids is 1. The van der Waals surface area contributed by atoms with Gasteiger partial charge in [0.25, 0.3) is 0 Å². The fourth-order valence-electron chi connectivity index (χ4n) is 5.23. The molecule has 1 aliphatic heterocycles. The summed E-state index contributed by atoms with van der Waals surface area (Å²) < 4.78 is 5.02. The Labute approximate surface area is 123 Å². The molecule has 3 atom stereocenters. The third-order valence-electron chi connectivity index (χ3n) is 6.18. The molecule has 1 N–H and O–H groups in total. The van der Waals surface area contributed by atoms with Crippen LogP contribution in [-0.2, 0) is 16.6 Å². The summed E-state index contributed by atoms with van der Waals surface area (Å²) in [4.78, 5) is 17.5. The number of hydrogen-bond acceptors (Lipinski definition) is 2. The SMILES string of the molecule is COC(=O)N1C[C@@]2(C)C[C@]23c2cccc4[nH]cc(c24)C[C@@H]13. The van der Waals surface area contributed by atoms with E-state index in [1.165, 1.54) is 35.6 Å². The fourth-order valence-corrected chi connectivity index (χ4v) is 5.23. The highest BCUT2D eigenvalue weighted by atomic mass is 16.5. The lowest BCUT2D eigenvalue weighted by Crippen LogP contribution is -2.45. The number of benzene rings is 1. The molecule has 2 aromatic rings. The molecular weight excluding hydrogens is 264 g/mol. The number of hydrogen-bond donors (Lipinski definition) is 1. The molecule has 1 amide bonds. The first-order valence-electron chi connectivity index (χ1n) is 7.55. The van der Waals surface area contributed by atoms with Gasteiger partial charge in [-0.25, -0.2) is 4.79 Å². The molecule has 1 spiro atoms. The van der Waals surface area contributed by atoms with Crippen molar-refractivity contribution in [1.29, 1.82) is 0 Å². The Morgan fingerprint density at radius 1 is 1.48 bits per heavy atom. The predicted octanol–water partition coefficient (Wildman–Crippen LogP) is 2.82. The Kier molecular flexibility index (Phi) is 1.81. The van der Waals surface area contributed by atoms with Gasteiger partial charge in [-0.05, 0) is 35.4 Å². The van der Waals surface area contributed by atoms with Crippen LogP contribution >= 0.6 is 0 Å². The van der Waals surface area contributed by atoms with Gasteiger partial charge in [-0.3, -0.25) is 0 Å². The molecule has 0 bridgehead atoms. The number of methoxy groups -OCH3 is 1. The summed E-state index contributed by atoms with van der Waals surface area (Å²) in [5, 5.41) is 1.39. The van der Waals surface area contributed by atoms with E-state index in [0.717, 1.165) is 13.0 Å². The number of rotatable bonds is 0. The molecule has 1 aromatic heterocycles. The largest absolute Gasteiger partial charge is 0.453 e. The maximum absolute atomic E-state index is 12.2. The first-order chi connectivity index (χ1) is 10.1. The van der Waals surface area contributed by atoms with Crippen LogP contribution in [0, 0.1) is 5.41 Å². The minimum Gasteiger partial charge on any atom is -0.453 e. The van der Waals surface area contributed by atoms with Gasteiger partial charge < -0.3 is 14.6 Å². The maximum Gasteiger partial charge on any atom is 0.409 e. The molecule has 2 aliphatic carbocycles. The molecule has 1 saturated carbocycles. The van der Waals surface area contributed by atoms with Crippen molar-refractivity contribution in [3.63, 3.8) is 0 Å². The van der Waals surface area contributed by atoms with Crippen molar-refractivity contribution in [3.05, 3.63) is 35.5 Å². The van der Waals surface area contributed by atoms with Crippen molar-refractivity contribution in [2.45, 2.75) is 31.2 Å². The number of ether oxygens (including phenoxy) is 1. The number of amides is 1. The van der Waals surface area contributed by atoms with Crippen LogP contribution < -0.4 is 0 Å². The Hall–Kier alpha value is -1.97. The number of aromatic nitrogens is 1. The summed E-state index contributed by atoms with van der Waals surface area (Å²) in [5.41, 5.74) is 4.33. The number of H-pyrrole nitrogens is 1. The van der Waals surface area contributed by atoms with Crippen LogP contribution in [0.3, 0.4) is 0 Å². The van der Waals surface area contributed by atoms with Gasteiger partial charge in [-0.2, -0.15) is 0 Å². The van der Waals surface area contributed by atoms with Crippen LogP contribution in [0.5, 0.6) is 0 Å². The number of nitrogens with zero attached hydrogens (tertiary/aromatic N) is 1. The molecule has 1 saturated heterocycles. The van der Waals surface area contributed by atoms with Crippen molar-refractivity contribution < 1.29 is 9.53 Å². The first-order valence-corrected chi connectivity index (χ1v) is 7.55. The number of nitrogens with one attached hydrogen (secondary N) is 1. The summed E-state index contributed by atoms with van der Waals surface area (Å²) in [5.74, 6) is 0. The molecule has 2 heterocycles. The monoisotopic (exact) mass is 282 g/mol. The number of aromatic amines is 1. The predicted molar refractivity (Wildman–Crippen MR) is 79.3 cm³/mol. The van der Waals surface area contributed by atoms with Crippen molar-refractivity contribution in [2.75, 3.05) is 13.7 Å². The van der Waals surface area contributed by atoms with E-state index in [9.17, 15) is 4.79 Å². The van der Waals surface area contributed by atoms with E-state index in [1.54, 1.807) is 0 Å². The van der Waals surface area contributed by atoms with E-state index >= 15 is 0 Å². The Bertz CT molecular complexity index is 795. The zero-order valence-corrected chi connectivity index (χ0v) is 12.3. The highest BCUT2D eigenvalue weighted by Crippen LogP contribution is 2.74. The van der Waals surface area contributed by atoms with Crippen LogP contribution in [0.25, 0.3) is 10.9 Å². The third kappa shape index (κ3) is 1.10. The summed E-state index contributed by atoms with van der Waals surface area (Å²) in [7, 11) is 1.48. The van der Waals surface area contributed by atoms with Gasteiger partial charge in [-0.15, -0.1) is 0 Å². The fraction of sp³-hybridized carbons (Fsp3) is 0.471. The maximum atomic E-state index is 12.2. The van der Waals surface area contributed by atoms with Gasteiger partial charge >= 0.3 is 6.09 Å². The number of carbonyl (C=O) groups is 1. The van der Waals surface area contributed by atoms with Gasteiger partial charge in [-0.1, -0.05) is 19.1 Å². The molecular formula is C17H18N2O2. The lowest BCUT2D eigenvalue weighted by atomic mass is 9.75. The molecule has 21 heavy (non-hydrogen) atoms. The molecule has 0 radical (unpaired) electrons. The lowest BCUT2D eigenvalue weighted by molar-refractivity contribution is 0.107. The van der Waals surface area contributed by atoms with Crippen LogP contribution in [-0.4, -0.2) is 35.7 Å². The normalized spacial score (nSPS) is 35.5. The lowest BCUT2D eigenvalue weighted by Gasteiger charge is -2.35. The van der Waals surface area contributed by atoms with Gasteiger partial charge in [0, 0.05) is 35.1 Å². The molecule has 1 aromatic carbocycles. The van der Waals surface area contributed by atoms with E-state index < -0.39 is 0 Å². The molecule has 3 aliphatic rings. The van der Waals surface area contributed by atoms with E-state index in [4.69, 9.17) is 4.74 Å². The quantitative estimate of drug-likeness (QED) is 0.807. The highest BCUT2D eigenvalue weighted by Gasteiger charge is 2.76. The van der Waals surface area contributed by atoms with Crippen molar-refractivity contribution in [2.24, 2.45) is 5.41 Å². The Morgan fingerprint density at radius 3 is 3.14 bits per heavy atom. The smallest absolute Gasteiger partial charge is 0.409 e. The van der Waals surface area contributed by atoms with E-state index in [2.05, 4.69) is 36.3 Å². The third-order valence-corrected chi connectivity index (χ3v) is 6.18. The van der Waals surface area contributed by atoms with Gasteiger partial charge in [0.2, 0.25) is 0 Å². The topological polar surface area (TPSA) is 45.3 Å². The van der Waals surface area contributed by atoms with Crippen LogP contribution in [0.15, 0.2) is 24.4 Å². The second kappa shape index (κ2) is 3.26. The number of piperidine rings is 1. The Morgan fingerprint density at radius 2 is 2.33 bits per heavy atom. The van der Waals surface area contributed by atoms with Crippen LogP contribution in [0.4, 0.5) is 4.79 Å². The first kappa shape index (κ1) is 11.7. The second-order valence-electron chi connectivity index (χ2n) is 7.07. The molecule has 0 unspecified atom stereocenters. The van der Waals surface area contributed by atoms with E-state index in [1.807, 2.05) is 4.90 Å². The minimum absolute atomic E-state index is 0.135. The molecule has 4 heteroatoms. The summed E-state index contributed by atoms with van der Waals surface area (Å²) >= 11 is 0. The molecule has 4 nitrogen and oxygen atoms in total. The zero-order chi connectivity index (χ0) is 14.4. The molecule has 2 fully saturated rings. The Balaban J connectivity index is 1.76. The van der Waals surface area contributed by atoms with Crippen molar-refractivity contribution in [1.82, 2.24) is 9.88 Å². The van der Waals surface area contributed by atoms with Gasteiger partial charge in [0.05, 0.1) is 7.11 Å². The number of likely N-dealkylation sites (tertiary alicyclic amines) is 1. The van der Waals surface area contributed by atoms with Crippen LogP contribution in [0.2, 0.25) is 0 Å². The standard InChI is InChI=1S/C17H18N2O2/c1-16-8-17(16)11-4-3-5-12-14(11)10(7-18-12)6-13(17)19(9-16)15(20)21-2/h3-5,7,13,18H,6,8-9H2,1-2H3/t13-,16-,17-/m1/s1. The second-order valence-corrected chi connectivity index (χ2v) is 7.07. The van der Waals surface area contributed by atoms with Crippen molar-refractivity contribution in [3.8, 4) is 0 Å². The van der Waals surface area contributed by atoms with Gasteiger partial charge in [0.1, 0.15) is 0 Å². The average molecular weight is 282 g/mol.